The van der Waals surface area contributed by atoms with E-state index in [2.05, 4.69) is 15.2 Å². The molecule has 1 atom stereocenters. The van der Waals surface area contributed by atoms with Gasteiger partial charge in [0, 0.05) is 17.3 Å². The number of halogens is 3. The lowest BCUT2D eigenvalue weighted by Crippen LogP contribution is -2.11. The fourth-order valence-corrected chi connectivity index (χ4v) is 3.71. The van der Waals surface area contributed by atoms with E-state index in [1.54, 1.807) is 49.5 Å². The summed E-state index contributed by atoms with van der Waals surface area (Å²) in [6.45, 7) is 1.74. The average molecular weight is 434 g/mol. The van der Waals surface area contributed by atoms with E-state index in [-0.39, 0.29) is 28.5 Å². The molecule has 160 valence electrons. The quantitative estimate of drug-likeness (QED) is 0.438. The molecule has 0 aliphatic rings. The first-order valence-electron chi connectivity index (χ1n) is 9.82. The van der Waals surface area contributed by atoms with Crippen LogP contribution in [0.5, 0.6) is 0 Å². The van der Waals surface area contributed by atoms with Gasteiger partial charge in [0.05, 0.1) is 17.8 Å². The molecule has 0 bridgehead atoms. The Morgan fingerprint density at radius 2 is 1.69 bits per heavy atom. The van der Waals surface area contributed by atoms with Crippen molar-refractivity contribution in [1.82, 2.24) is 24.4 Å². The molecule has 3 heterocycles. The van der Waals surface area contributed by atoms with Gasteiger partial charge in [-0.1, -0.05) is 30.3 Å². The van der Waals surface area contributed by atoms with Gasteiger partial charge in [-0.15, -0.1) is 5.10 Å². The monoisotopic (exact) mass is 434 g/mol. The molecule has 5 aromatic rings. The molecule has 0 aliphatic carbocycles. The Morgan fingerprint density at radius 1 is 0.938 bits per heavy atom. The van der Waals surface area contributed by atoms with Crippen molar-refractivity contribution in [1.29, 1.82) is 0 Å². The first kappa shape index (κ1) is 19.8. The summed E-state index contributed by atoms with van der Waals surface area (Å²) in [6, 6.07) is 13.3. The SMILES string of the molecule is CC(c1ccc(F)cc1)n1ncc(-c2cccc(-c3ccn4nc(N)nc4c3)c2F)c1F. The minimum atomic E-state index is -0.682. The summed E-state index contributed by atoms with van der Waals surface area (Å²) in [5.41, 5.74) is 7.71. The fourth-order valence-electron chi connectivity index (χ4n) is 3.71. The highest BCUT2D eigenvalue weighted by Crippen LogP contribution is 2.33. The molecule has 0 saturated heterocycles. The smallest absolute Gasteiger partial charge is 0.240 e. The summed E-state index contributed by atoms with van der Waals surface area (Å²) in [5, 5.41) is 8.13. The van der Waals surface area contributed by atoms with Crippen molar-refractivity contribution in [3.8, 4) is 22.3 Å². The summed E-state index contributed by atoms with van der Waals surface area (Å²) in [7, 11) is 0. The van der Waals surface area contributed by atoms with Crippen LogP contribution in [0.4, 0.5) is 19.1 Å². The number of rotatable bonds is 4. The molecule has 2 N–H and O–H groups in total. The van der Waals surface area contributed by atoms with Crippen LogP contribution in [0.1, 0.15) is 18.5 Å². The Bertz CT molecular complexity index is 1440. The van der Waals surface area contributed by atoms with E-state index in [9.17, 15) is 4.39 Å². The van der Waals surface area contributed by atoms with Crippen molar-refractivity contribution in [3.63, 3.8) is 0 Å². The number of hydrogen-bond acceptors (Lipinski definition) is 4. The van der Waals surface area contributed by atoms with Gasteiger partial charge in [0.25, 0.3) is 0 Å². The van der Waals surface area contributed by atoms with E-state index in [0.29, 0.717) is 16.8 Å². The molecule has 0 aliphatic heterocycles. The van der Waals surface area contributed by atoms with E-state index in [1.807, 2.05) is 0 Å². The van der Waals surface area contributed by atoms with Crippen molar-refractivity contribution < 1.29 is 13.2 Å². The predicted octanol–water partition coefficient (Wildman–Crippen LogP) is 4.87. The van der Waals surface area contributed by atoms with E-state index in [4.69, 9.17) is 5.73 Å². The summed E-state index contributed by atoms with van der Waals surface area (Å²) in [4.78, 5) is 4.09. The van der Waals surface area contributed by atoms with Gasteiger partial charge in [-0.3, -0.25) is 0 Å². The van der Waals surface area contributed by atoms with Crippen LogP contribution in [-0.4, -0.2) is 24.4 Å². The van der Waals surface area contributed by atoms with Gasteiger partial charge in [-0.2, -0.15) is 14.5 Å². The Morgan fingerprint density at radius 3 is 2.47 bits per heavy atom. The van der Waals surface area contributed by atoms with Crippen LogP contribution in [0.2, 0.25) is 0 Å². The van der Waals surface area contributed by atoms with Crippen LogP contribution < -0.4 is 5.73 Å². The second-order valence-electron chi connectivity index (χ2n) is 7.38. The van der Waals surface area contributed by atoms with Gasteiger partial charge in [0.2, 0.25) is 11.9 Å². The minimum Gasteiger partial charge on any atom is -0.366 e. The lowest BCUT2D eigenvalue weighted by molar-refractivity contribution is 0.433. The minimum absolute atomic E-state index is 0.0334. The maximum absolute atomic E-state index is 15.5. The van der Waals surface area contributed by atoms with Crippen LogP contribution in [0.3, 0.4) is 0 Å². The normalized spacial score (nSPS) is 12.4. The molecule has 6 nitrogen and oxygen atoms in total. The first-order chi connectivity index (χ1) is 15.4. The van der Waals surface area contributed by atoms with Gasteiger partial charge in [-0.25, -0.2) is 18.0 Å². The zero-order chi connectivity index (χ0) is 22.4. The van der Waals surface area contributed by atoms with Gasteiger partial charge < -0.3 is 5.73 Å². The third-order valence-corrected chi connectivity index (χ3v) is 5.41. The molecule has 2 aromatic carbocycles. The first-order valence-corrected chi connectivity index (χ1v) is 9.82. The summed E-state index contributed by atoms with van der Waals surface area (Å²) < 4.78 is 46.6. The largest absolute Gasteiger partial charge is 0.366 e. The molecule has 0 spiro atoms. The number of nitrogens with two attached hydrogens (primary N) is 1. The molecule has 0 amide bonds. The van der Waals surface area contributed by atoms with E-state index in [0.717, 1.165) is 4.68 Å². The number of benzene rings is 2. The molecule has 0 radical (unpaired) electrons. The Hall–Kier alpha value is -4.14. The zero-order valence-corrected chi connectivity index (χ0v) is 16.9. The summed E-state index contributed by atoms with van der Waals surface area (Å²) >= 11 is 0. The topological polar surface area (TPSA) is 74.0 Å². The highest BCUT2D eigenvalue weighted by Gasteiger charge is 2.21. The Labute approximate surface area is 180 Å². The molecule has 9 heteroatoms. The molecule has 0 saturated carbocycles. The van der Waals surface area contributed by atoms with Crippen LogP contribution in [0.15, 0.2) is 67.0 Å². The van der Waals surface area contributed by atoms with Crippen LogP contribution >= 0.6 is 0 Å². The lowest BCUT2D eigenvalue weighted by atomic mass is 10.00. The van der Waals surface area contributed by atoms with E-state index < -0.39 is 17.8 Å². The molecular weight excluding hydrogens is 417 g/mol. The molecule has 0 fully saturated rings. The molecule has 1 unspecified atom stereocenters. The standard InChI is InChI=1S/C23H17F3N6/c1-13(14-5-7-16(24)8-6-14)32-22(26)19(12-28-32)18-4-2-3-17(21(18)25)15-9-10-31-20(11-15)29-23(27)30-31/h2-13H,1H3,(H2,27,30). The van der Waals surface area contributed by atoms with Crippen molar-refractivity contribution in [2.75, 3.05) is 5.73 Å². The predicted molar refractivity (Wildman–Crippen MR) is 114 cm³/mol. The van der Waals surface area contributed by atoms with Crippen LogP contribution in [0, 0.1) is 17.6 Å². The fraction of sp³-hybridized carbons (Fsp3) is 0.0870. The number of nitrogen functional groups attached to an aromatic ring is 1. The number of anilines is 1. The summed E-state index contributed by atoms with van der Waals surface area (Å²) in [5.74, 6) is -1.54. The molecule has 32 heavy (non-hydrogen) atoms. The van der Waals surface area contributed by atoms with Crippen molar-refractivity contribution in [2.24, 2.45) is 0 Å². The van der Waals surface area contributed by atoms with E-state index >= 15 is 8.78 Å². The maximum Gasteiger partial charge on any atom is 0.240 e. The number of pyridine rings is 1. The average Bonchev–Trinajstić information content (AvgIpc) is 3.35. The highest BCUT2D eigenvalue weighted by molar-refractivity contribution is 5.75. The van der Waals surface area contributed by atoms with Crippen LogP contribution in [-0.2, 0) is 0 Å². The van der Waals surface area contributed by atoms with Gasteiger partial charge >= 0.3 is 0 Å². The van der Waals surface area contributed by atoms with Gasteiger partial charge in [0.15, 0.2) is 5.65 Å². The maximum atomic E-state index is 15.5. The van der Waals surface area contributed by atoms with E-state index in [1.165, 1.54) is 28.9 Å². The van der Waals surface area contributed by atoms with Crippen molar-refractivity contribution in [2.45, 2.75) is 13.0 Å². The third-order valence-electron chi connectivity index (χ3n) is 5.41. The molecule has 3 aromatic heterocycles. The lowest BCUT2D eigenvalue weighted by Gasteiger charge is -2.13. The summed E-state index contributed by atoms with van der Waals surface area (Å²) in [6.07, 6.45) is 2.92. The third kappa shape index (κ3) is 3.27. The number of nitrogens with zero attached hydrogens (tertiary/aromatic N) is 5. The second kappa shape index (κ2) is 7.52. The second-order valence-corrected chi connectivity index (χ2v) is 7.38. The number of fused-ring (bicyclic) bond motifs is 1. The number of aromatic nitrogens is 5. The van der Waals surface area contributed by atoms with Gasteiger partial charge in [-0.05, 0) is 42.3 Å². The van der Waals surface area contributed by atoms with Crippen molar-refractivity contribution in [3.05, 3.63) is 90.1 Å². The van der Waals surface area contributed by atoms with Gasteiger partial charge in [0.1, 0.15) is 11.6 Å². The Kier molecular flexibility index (Phi) is 4.66. The molecular formula is C23H17F3N6. The highest BCUT2D eigenvalue weighted by atomic mass is 19.1. The van der Waals surface area contributed by atoms with Crippen molar-refractivity contribution >= 4 is 11.6 Å². The number of hydrogen-bond donors (Lipinski definition) is 1. The molecule has 5 rings (SSSR count). The Balaban J connectivity index is 1.55. The van der Waals surface area contributed by atoms with Crippen LogP contribution in [0.25, 0.3) is 27.9 Å². The zero-order valence-electron chi connectivity index (χ0n) is 16.9.